The van der Waals surface area contributed by atoms with Gasteiger partial charge in [-0.3, -0.25) is 9.52 Å². The van der Waals surface area contributed by atoms with Gasteiger partial charge >= 0.3 is 0 Å². The molecule has 0 aromatic heterocycles. The number of hydrogen-bond donors (Lipinski definition) is 2. The average Bonchev–Trinajstić information content (AvgIpc) is 2.46. The van der Waals surface area contributed by atoms with Gasteiger partial charge in [-0.2, -0.15) is 0 Å². The second-order valence-corrected chi connectivity index (χ2v) is 6.82. The number of anilines is 1. The molecule has 110 valence electrons. The quantitative estimate of drug-likeness (QED) is 0.870. The zero-order chi connectivity index (χ0) is 15.5. The van der Waals surface area contributed by atoms with Crippen LogP contribution in [0.15, 0.2) is 57.9 Å². The summed E-state index contributed by atoms with van der Waals surface area (Å²) in [4.78, 5) is 11.7. The molecule has 0 heterocycles. The van der Waals surface area contributed by atoms with Crippen LogP contribution in [0.2, 0.25) is 0 Å². The van der Waals surface area contributed by atoms with Crippen molar-refractivity contribution in [3.05, 3.63) is 58.6 Å². The van der Waals surface area contributed by atoms with E-state index in [4.69, 9.17) is 0 Å². The third-order valence-corrected chi connectivity index (χ3v) is 4.65. The van der Waals surface area contributed by atoms with Crippen LogP contribution in [-0.4, -0.2) is 21.4 Å². The molecule has 1 amide bonds. The minimum atomic E-state index is -3.68. The molecular formula is C14H13BrN2O3S. The second kappa shape index (κ2) is 6.28. The lowest BCUT2D eigenvalue weighted by Crippen LogP contribution is -2.18. The molecule has 0 aliphatic carbocycles. The first-order valence-electron chi connectivity index (χ1n) is 6.03. The van der Waals surface area contributed by atoms with Crippen LogP contribution in [0.5, 0.6) is 0 Å². The van der Waals surface area contributed by atoms with E-state index in [1.54, 1.807) is 30.3 Å². The molecule has 2 rings (SSSR count). The van der Waals surface area contributed by atoms with Crippen molar-refractivity contribution in [3.8, 4) is 0 Å². The number of hydrogen-bond acceptors (Lipinski definition) is 3. The van der Waals surface area contributed by atoms with Gasteiger partial charge in [-0.25, -0.2) is 8.42 Å². The Morgan fingerprint density at radius 2 is 1.76 bits per heavy atom. The standard InChI is InChI=1S/C14H13BrN2O3S/c1-16-14(18)10-3-2-4-12(9-10)17-21(19,20)13-7-5-11(15)6-8-13/h2-9,17H,1H3,(H,16,18). The van der Waals surface area contributed by atoms with E-state index in [2.05, 4.69) is 26.0 Å². The SMILES string of the molecule is CNC(=O)c1cccc(NS(=O)(=O)c2ccc(Br)cc2)c1. The van der Waals surface area contributed by atoms with Crippen LogP contribution >= 0.6 is 15.9 Å². The van der Waals surface area contributed by atoms with E-state index < -0.39 is 10.0 Å². The molecule has 0 spiro atoms. The fourth-order valence-electron chi connectivity index (χ4n) is 1.70. The molecule has 0 fully saturated rings. The van der Waals surface area contributed by atoms with Gasteiger partial charge in [-0.15, -0.1) is 0 Å². The molecule has 0 atom stereocenters. The van der Waals surface area contributed by atoms with Gasteiger partial charge in [0.25, 0.3) is 15.9 Å². The van der Waals surface area contributed by atoms with Crippen LogP contribution in [0.1, 0.15) is 10.4 Å². The van der Waals surface area contributed by atoms with Crippen LogP contribution in [0, 0.1) is 0 Å². The van der Waals surface area contributed by atoms with Crippen molar-refractivity contribution >= 4 is 37.5 Å². The van der Waals surface area contributed by atoms with Crippen molar-refractivity contribution in [2.24, 2.45) is 0 Å². The largest absolute Gasteiger partial charge is 0.355 e. The minimum Gasteiger partial charge on any atom is -0.355 e. The van der Waals surface area contributed by atoms with Gasteiger partial charge in [-0.1, -0.05) is 22.0 Å². The third kappa shape index (κ3) is 3.83. The average molecular weight is 369 g/mol. The number of carbonyl (C=O) groups is 1. The Kier molecular flexibility index (Phi) is 4.64. The number of carbonyl (C=O) groups excluding carboxylic acids is 1. The smallest absolute Gasteiger partial charge is 0.261 e. The van der Waals surface area contributed by atoms with E-state index in [0.29, 0.717) is 11.3 Å². The maximum atomic E-state index is 12.2. The highest BCUT2D eigenvalue weighted by Gasteiger charge is 2.14. The highest BCUT2D eigenvalue weighted by Crippen LogP contribution is 2.19. The summed E-state index contributed by atoms with van der Waals surface area (Å²) < 4.78 is 27.7. The van der Waals surface area contributed by atoms with E-state index in [1.165, 1.54) is 25.2 Å². The number of sulfonamides is 1. The number of halogens is 1. The zero-order valence-corrected chi connectivity index (χ0v) is 13.5. The van der Waals surface area contributed by atoms with Gasteiger partial charge in [0, 0.05) is 22.8 Å². The van der Waals surface area contributed by atoms with Gasteiger partial charge in [0.2, 0.25) is 0 Å². The Labute approximate surface area is 131 Å². The Hall–Kier alpha value is -1.86. The summed E-state index contributed by atoms with van der Waals surface area (Å²) in [5.74, 6) is -0.278. The van der Waals surface area contributed by atoms with Gasteiger partial charge in [-0.05, 0) is 42.5 Å². The van der Waals surface area contributed by atoms with Crippen LogP contribution < -0.4 is 10.0 Å². The minimum absolute atomic E-state index is 0.149. The molecule has 0 aliphatic heterocycles. The molecule has 0 saturated carbocycles. The zero-order valence-electron chi connectivity index (χ0n) is 11.1. The monoisotopic (exact) mass is 368 g/mol. The fourth-order valence-corrected chi connectivity index (χ4v) is 3.01. The normalized spacial score (nSPS) is 11.0. The van der Waals surface area contributed by atoms with Crippen LogP contribution in [0.3, 0.4) is 0 Å². The first kappa shape index (κ1) is 15.5. The van der Waals surface area contributed by atoms with Crippen molar-refractivity contribution in [3.63, 3.8) is 0 Å². The molecule has 0 bridgehead atoms. The molecule has 21 heavy (non-hydrogen) atoms. The molecule has 0 saturated heterocycles. The summed E-state index contributed by atoms with van der Waals surface area (Å²) in [6.07, 6.45) is 0. The predicted octanol–water partition coefficient (Wildman–Crippen LogP) is 2.61. The summed E-state index contributed by atoms with van der Waals surface area (Å²) in [5, 5.41) is 2.49. The molecule has 0 unspecified atom stereocenters. The topological polar surface area (TPSA) is 75.3 Å². The van der Waals surface area contributed by atoms with Gasteiger partial charge < -0.3 is 5.32 Å². The van der Waals surface area contributed by atoms with Crippen molar-refractivity contribution in [1.29, 1.82) is 0 Å². The summed E-state index contributed by atoms with van der Waals surface area (Å²) in [7, 11) is -2.17. The number of rotatable bonds is 4. The fraction of sp³-hybridized carbons (Fsp3) is 0.0714. The van der Waals surface area contributed by atoms with Gasteiger partial charge in [0.05, 0.1) is 4.90 Å². The lowest BCUT2D eigenvalue weighted by molar-refractivity contribution is 0.0963. The maximum Gasteiger partial charge on any atom is 0.261 e. The molecule has 2 N–H and O–H groups in total. The summed E-state index contributed by atoms with van der Waals surface area (Å²) >= 11 is 3.25. The third-order valence-electron chi connectivity index (χ3n) is 2.73. The van der Waals surface area contributed by atoms with E-state index in [0.717, 1.165) is 4.47 Å². The summed E-state index contributed by atoms with van der Waals surface area (Å²) in [5.41, 5.74) is 0.715. The predicted molar refractivity (Wildman–Crippen MR) is 84.8 cm³/mol. The van der Waals surface area contributed by atoms with Crippen molar-refractivity contribution < 1.29 is 13.2 Å². The Morgan fingerprint density at radius 3 is 2.38 bits per heavy atom. The van der Waals surface area contributed by atoms with Crippen molar-refractivity contribution in [1.82, 2.24) is 5.32 Å². The van der Waals surface area contributed by atoms with Gasteiger partial charge in [0.1, 0.15) is 0 Å². The second-order valence-electron chi connectivity index (χ2n) is 4.22. The highest BCUT2D eigenvalue weighted by molar-refractivity contribution is 9.10. The molecule has 5 nitrogen and oxygen atoms in total. The molecule has 2 aromatic rings. The lowest BCUT2D eigenvalue weighted by Gasteiger charge is -2.09. The Morgan fingerprint density at radius 1 is 1.10 bits per heavy atom. The molecule has 7 heteroatoms. The molecule has 2 aromatic carbocycles. The molecule has 0 radical (unpaired) electrons. The van der Waals surface area contributed by atoms with E-state index in [9.17, 15) is 13.2 Å². The number of benzene rings is 2. The Bertz CT molecular complexity index is 758. The summed E-state index contributed by atoms with van der Waals surface area (Å²) in [6, 6.07) is 12.6. The van der Waals surface area contributed by atoms with Crippen LogP contribution in [0.4, 0.5) is 5.69 Å². The first-order valence-corrected chi connectivity index (χ1v) is 8.30. The van der Waals surface area contributed by atoms with Crippen LogP contribution in [0.25, 0.3) is 0 Å². The molecular weight excluding hydrogens is 356 g/mol. The van der Waals surface area contributed by atoms with E-state index >= 15 is 0 Å². The Balaban J connectivity index is 2.28. The molecule has 0 aliphatic rings. The number of amides is 1. The first-order chi connectivity index (χ1) is 9.92. The van der Waals surface area contributed by atoms with Crippen molar-refractivity contribution in [2.45, 2.75) is 4.90 Å². The lowest BCUT2D eigenvalue weighted by atomic mass is 10.2. The van der Waals surface area contributed by atoms with Crippen LogP contribution in [-0.2, 0) is 10.0 Å². The van der Waals surface area contributed by atoms with E-state index in [1.807, 2.05) is 0 Å². The van der Waals surface area contributed by atoms with Gasteiger partial charge in [0.15, 0.2) is 0 Å². The number of nitrogens with one attached hydrogen (secondary N) is 2. The van der Waals surface area contributed by atoms with E-state index in [-0.39, 0.29) is 10.8 Å². The highest BCUT2D eigenvalue weighted by atomic mass is 79.9. The maximum absolute atomic E-state index is 12.2. The summed E-state index contributed by atoms with van der Waals surface area (Å²) in [6.45, 7) is 0. The van der Waals surface area contributed by atoms with Crippen molar-refractivity contribution in [2.75, 3.05) is 11.8 Å².